The fraction of sp³-hybridized carbons (Fsp3) is 0.840. The first-order valence-corrected chi connectivity index (χ1v) is 12.5. The number of carbonyl (C=O) groups is 2. The van der Waals surface area contributed by atoms with Gasteiger partial charge in [0.2, 0.25) is 0 Å². The number of piperidine rings is 1. The van der Waals surface area contributed by atoms with Gasteiger partial charge in [-0.25, -0.2) is 9.59 Å². The van der Waals surface area contributed by atoms with E-state index in [4.69, 9.17) is 23.7 Å². The van der Waals surface area contributed by atoms with Crippen molar-refractivity contribution in [3.8, 4) is 0 Å². The number of hydrogen-bond donors (Lipinski definition) is 1. The van der Waals surface area contributed by atoms with E-state index < -0.39 is 6.09 Å². The van der Waals surface area contributed by atoms with Crippen molar-refractivity contribution in [1.29, 1.82) is 0 Å². The number of fused-ring (bicyclic) bond motifs is 1. The van der Waals surface area contributed by atoms with Crippen molar-refractivity contribution in [1.82, 2.24) is 10.2 Å². The molecule has 2 amide bonds. The van der Waals surface area contributed by atoms with Crippen LogP contribution in [0.4, 0.5) is 9.59 Å². The topological polar surface area (TPSA) is 102 Å². The zero-order chi connectivity index (χ0) is 24.3. The summed E-state index contributed by atoms with van der Waals surface area (Å²) in [4.78, 5) is 26.1. The summed E-state index contributed by atoms with van der Waals surface area (Å²) in [5.41, 5.74) is 0.701. The van der Waals surface area contributed by atoms with Crippen molar-refractivity contribution in [2.45, 2.75) is 69.5 Å². The molecule has 5 rings (SSSR count). The molecule has 0 radical (unpaired) electrons. The Morgan fingerprint density at radius 3 is 2.53 bits per heavy atom. The number of carbonyl (C=O) groups excluding carboxylic acids is 2. The molecule has 1 spiro atoms. The third-order valence-electron chi connectivity index (χ3n) is 8.73. The predicted molar refractivity (Wildman–Crippen MR) is 122 cm³/mol. The first-order chi connectivity index (χ1) is 16.2. The Morgan fingerprint density at radius 1 is 1.24 bits per heavy atom. The molecule has 5 fully saturated rings. The van der Waals surface area contributed by atoms with Crippen LogP contribution in [-0.2, 0) is 23.7 Å². The first-order valence-electron chi connectivity index (χ1n) is 12.5. The standard InChI is InChI=1S/C25H38N2O7/c1-14(2)6-7-19-24(3,34-19)21-20(30-5)18(8-9-25(21)13-32-25)33-23(29)27-10-15-16(11-27)17(15)12-31-22(28)26-4/h6,15-21H,7-13H2,1-5H3,(H,26,28)/t15-,16+,17+,18-,19-,20-,21-,24+,25+/m1/s1. The fourth-order valence-electron chi connectivity index (χ4n) is 6.56. The lowest BCUT2D eigenvalue weighted by molar-refractivity contribution is -0.121. The highest BCUT2D eigenvalue weighted by molar-refractivity contribution is 5.69. The summed E-state index contributed by atoms with van der Waals surface area (Å²) in [6, 6.07) is 0. The van der Waals surface area contributed by atoms with Crippen LogP contribution in [0.3, 0.4) is 0 Å². The van der Waals surface area contributed by atoms with Crippen molar-refractivity contribution < 1.29 is 33.3 Å². The lowest BCUT2D eigenvalue weighted by Crippen LogP contribution is -2.56. The van der Waals surface area contributed by atoms with Gasteiger partial charge in [-0.1, -0.05) is 11.6 Å². The molecule has 5 aliphatic rings. The summed E-state index contributed by atoms with van der Waals surface area (Å²) >= 11 is 0. The number of epoxide rings is 2. The largest absolute Gasteiger partial charge is 0.449 e. The van der Waals surface area contributed by atoms with Crippen molar-refractivity contribution in [3.05, 3.63) is 11.6 Å². The molecule has 0 aromatic rings. The zero-order valence-electron chi connectivity index (χ0n) is 20.9. The van der Waals surface area contributed by atoms with E-state index in [0.29, 0.717) is 44.1 Å². The number of alkyl carbamates (subject to hydrolysis) is 1. The molecule has 9 heteroatoms. The lowest BCUT2D eigenvalue weighted by Gasteiger charge is -2.43. The van der Waals surface area contributed by atoms with Crippen molar-refractivity contribution in [2.24, 2.45) is 23.7 Å². The number of nitrogens with one attached hydrogen (secondary N) is 1. The maximum absolute atomic E-state index is 13.0. The zero-order valence-corrected chi connectivity index (χ0v) is 20.9. The Balaban J connectivity index is 1.18. The van der Waals surface area contributed by atoms with Crippen LogP contribution in [0.2, 0.25) is 0 Å². The normalized spacial score (nSPS) is 43.7. The monoisotopic (exact) mass is 478 g/mol. The van der Waals surface area contributed by atoms with Crippen LogP contribution in [0.5, 0.6) is 0 Å². The number of amides is 2. The van der Waals surface area contributed by atoms with Crippen LogP contribution in [0, 0.1) is 23.7 Å². The van der Waals surface area contributed by atoms with Crippen LogP contribution in [0.25, 0.3) is 0 Å². The van der Waals surface area contributed by atoms with E-state index in [1.165, 1.54) is 5.57 Å². The van der Waals surface area contributed by atoms with Gasteiger partial charge in [-0.2, -0.15) is 0 Å². The third-order valence-corrected chi connectivity index (χ3v) is 8.73. The molecule has 2 aliphatic carbocycles. The lowest BCUT2D eigenvalue weighted by atomic mass is 9.68. The van der Waals surface area contributed by atoms with Crippen LogP contribution >= 0.6 is 0 Å². The highest BCUT2D eigenvalue weighted by Gasteiger charge is 2.72. The molecular weight excluding hydrogens is 440 g/mol. The molecule has 3 saturated heterocycles. The molecule has 3 aliphatic heterocycles. The van der Waals surface area contributed by atoms with Crippen LogP contribution in [-0.4, -0.2) is 87.1 Å². The van der Waals surface area contributed by atoms with Crippen molar-refractivity contribution in [2.75, 3.05) is 40.5 Å². The van der Waals surface area contributed by atoms with Crippen LogP contribution in [0.1, 0.15) is 40.0 Å². The summed E-state index contributed by atoms with van der Waals surface area (Å²) in [6.07, 6.45) is 3.48. The van der Waals surface area contributed by atoms with Gasteiger partial charge in [-0.05, 0) is 51.9 Å². The molecule has 9 nitrogen and oxygen atoms in total. The number of likely N-dealkylation sites (tertiary alicyclic amines) is 1. The number of hydrogen-bond acceptors (Lipinski definition) is 7. The summed E-state index contributed by atoms with van der Waals surface area (Å²) in [6.45, 7) is 8.76. The van der Waals surface area contributed by atoms with E-state index in [9.17, 15) is 9.59 Å². The fourth-order valence-corrected chi connectivity index (χ4v) is 6.56. The second-order valence-electron chi connectivity index (χ2n) is 11.0. The summed E-state index contributed by atoms with van der Waals surface area (Å²) in [5.74, 6) is 1.12. The van der Waals surface area contributed by atoms with Crippen LogP contribution < -0.4 is 5.32 Å². The van der Waals surface area contributed by atoms with Gasteiger partial charge in [0.25, 0.3) is 0 Å². The van der Waals surface area contributed by atoms with Crippen LogP contribution in [0.15, 0.2) is 11.6 Å². The molecule has 2 saturated carbocycles. The second kappa shape index (κ2) is 8.68. The third kappa shape index (κ3) is 4.20. The molecule has 0 unspecified atom stereocenters. The average molecular weight is 479 g/mol. The molecular formula is C25H38N2O7. The van der Waals surface area contributed by atoms with Gasteiger partial charge >= 0.3 is 12.2 Å². The highest BCUT2D eigenvalue weighted by Crippen LogP contribution is 2.60. The molecule has 1 N–H and O–H groups in total. The minimum atomic E-state index is -0.410. The number of nitrogens with zero attached hydrogens (tertiary/aromatic N) is 1. The van der Waals surface area contributed by atoms with E-state index in [1.54, 1.807) is 19.1 Å². The van der Waals surface area contributed by atoms with E-state index in [-0.39, 0.29) is 41.5 Å². The Bertz CT molecular complexity index is 842. The van der Waals surface area contributed by atoms with Gasteiger partial charge in [0.15, 0.2) is 0 Å². The number of ether oxygens (including phenoxy) is 5. The van der Waals surface area contributed by atoms with Gasteiger partial charge < -0.3 is 33.9 Å². The molecule has 0 bridgehead atoms. The highest BCUT2D eigenvalue weighted by atomic mass is 16.6. The van der Waals surface area contributed by atoms with Crippen molar-refractivity contribution in [3.63, 3.8) is 0 Å². The minimum Gasteiger partial charge on any atom is -0.449 e. The van der Waals surface area contributed by atoms with E-state index >= 15 is 0 Å². The van der Waals surface area contributed by atoms with Gasteiger partial charge in [0.05, 0.1) is 25.2 Å². The quantitative estimate of drug-likeness (QED) is 0.443. The van der Waals surface area contributed by atoms with E-state index in [1.807, 2.05) is 0 Å². The summed E-state index contributed by atoms with van der Waals surface area (Å²) in [7, 11) is 3.24. The number of methoxy groups -OCH3 is 1. The van der Waals surface area contributed by atoms with Gasteiger partial charge in [0, 0.05) is 33.2 Å². The second-order valence-corrected chi connectivity index (χ2v) is 11.0. The molecule has 0 aromatic carbocycles. The first kappa shape index (κ1) is 23.9. The Morgan fingerprint density at radius 2 is 1.94 bits per heavy atom. The number of allylic oxidation sites excluding steroid dienone is 1. The molecule has 0 aromatic heterocycles. The smallest absolute Gasteiger partial charge is 0.410 e. The SMILES string of the molecule is CNC(=O)OC[C@@H]1[C@H]2CN(C(=O)O[C@@H]3CC[C@]4(CO4)[C@@H]([C@@]4(C)O[C@@H]4CC=C(C)C)[C@@H]3OC)C[C@@H]12. The van der Waals surface area contributed by atoms with Crippen molar-refractivity contribution >= 4 is 12.2 Å². The predicted octanol–water partition coefficient (Wildman–Crippen LogP) is 2.73. The molecule has 9 atom stereocenters. The van der Waals surface area contributed by atoms with Gasteiger partial charge in [0.1, 0.15) is 23.4 Å². The summed E-state index contributed by atoms with van der Waals surface area (Å²) in [5, 5.41) is 2.46. The van der Waals surface area contributed by atoms with Gasteiger partial charge in [-0.3, -0.25) is 0 Å². The average Bonchev–Trinajstić information content (AvgIpc) is 3.77. The molecule has 190 valence electrons. The molecule has 34 heavy (non-hydrogen) atoms. The summed E-state index contributed by atoms with van der Waals surface area (Å²) < 4.78 is 29.4. The Kier molecular flexibility index (Phi) is 6.09. The Hall–Kier alpha value is -1.84. The minimum absolute atomic E-state index is 0.0188. The van der Waals surface area contributed by atoms with Gasteiger partial charge in [-0.15, -0.1) is 0 Å². The van der Waals surface area contributed by atoms with E-state index in [2.05, 4.69) is 32.2 Å². The maximum atomic E-state index is 13.0. The Labute approximate surface area is 201 Å². The van der Waals surface area contributed by atoms with E-state index in [0.717, 1.165) is 19.3 Å². The molecule has 3 heterocycles. The maximum Gasteiger partial charge on any atom is 0.410 e. The number of rotatable bonds is 7.